The lowest BCUT2D eigenvalue weighted by Crippen LogP contribution is -2.46. The van der Waals surface area contributed by atoms with E-state index in [9.17, 15) is 8.42 Å². The van der Waals surface area contributed by atoms with Gasteiger partial charge in [-0.2, -0.15) is 0 Å². The Hall–Kier alpha value is -1.88. The van der Waals surface area contributed by atoms with Crippen LogP contribution in [0.2, 0.25) is 0 Å². The maximum absolute atomic E-state index is 11.1. The van der Waals surface area contributed by atoms with Gasteiger partial charge in [-0.15, -0.1) is 0 Å². The Bertz CT molecular complexity index is 749. The van der Waals surface area contributed by atoms with Crippen molar-refractivity contribution in [2.45, 2.75) is 6.04 Å². The van der Waals surface area contributed by atoms with E-state index in [2.05, 4.69) is 32.7 Å². The molecular weight excluding hydrogens is 408 g/mol. The molecule has 1 aromatic rings. The van der Waals surface area contributed by atoms with Gasteiger partial charge < -0.3 is 24.8 Å². The van der Waals surface area contributed by atoms with Crippen LogP contribution in [-0.2, 0) is 19.3 Å². The predicted octanol–water partition coefficient (Wildman–Crippen LogP) is 0.295. The minimum atomic E-state index is -3.00. The summed E-state index contributed by atoms with van der Waals surface area (Å²) in [5, 5.41) is 6.58. The van der Waals surface area contributed by atoms with E-state index in [0.29, 0.717) is 25.7 Å². The first-order valence-corrected chi connectivity index (χ1v) is 12.1. The smallest absolute Gasteiger partial charge is 0.191 e. The Kier molecular flexibility index (Phi) is 10.4. The third-order valence-electron chi connectivity index (χ3n) is 4.81. The van der Waals surface area contributed by atoms with Crippen molar-refractivity contribution in [2.75, 3.05) is 78.8 Å². The van der Waals surface area contributed by atoms with Gasteiger partial charge in [0.05, 0.1) is 45.3 Å². The molecule has 0 bridgehead atoms. The zero-order chi connectivity index (χ0) is 21.8. The van der Waals surface area contributed by atoms with Crippen molar-refractivity contribution in [1.82, 2.24) is 15.5 Å². The van der Waals surface area contributed by atoms with Gasteiger partial charge in [-0.25, -0.2) is 8.42 Å². The van der Waals surface area contributed by atoms with E-state index < -0.39 is 9.84 Å². The molecule has 10 heteroatoms. The van der Waals surface area contributed by atoms with Crippen molar-refractivity contribution in [3.8, 4) is 5.75 Å². The number of ether oxygens (including phenoxy) is 3. The van der Waals surface area contributed by atoms with Gasteiger partial charge in [0.2, 0.25) is 0 Å². The van der Waals surface area contributed by atoms with Crippen molar-refractivity contribution < 1.29 is 22.6 Å². The van der Waals surface area contributed by atoms with Crippen LogP contribution in [0.3, 0.4) is 0 Å². The molecule has 0 spiro atoms. The van der Waals surface area contributed by atoms with E-state index in [0.717, 1.165) is 32.1 Å². The standard InChI is InChI=1S/C20H34N4O5S/c1-21-20(22-8-11-28-14-15-30(3,25)26)23-16-19(24-9-12-29-13-10-24)17-4-6-18(27-2)7-5-17/h4-7,19H,8-16H2,1-3H3,(H2,21,22,23). The molecule has 0 aliphatic carbocycles. The van der Waals surface area contributed by atoms with Crippen LogP contribution in [0.25, 0.3) is 0 Å². The van der Waals surface area contributed by atoms with Crippen molar-refractivity contribution in [3.63, 3.8) is 0 Å². The number of benzene rings is 1. The fourth-order valence-corrected chi connectivity index (χ4v) is 3.56. The average Bonchev–Trinajstić information content (AvgIpc) is 2.75. The van der Waals surface area contributed by atoms with Gasteiger partial charge in [0.1, 0.15) is 15.6 Å². The highest BCUT2D eigenvalue weighted by Gasteiger charge is 2.23. The molecule has 1 atom stereocenters. The van der Waals surface area contributed by atoms with E-state index in [-0.39, 0.29) is 18.4 Å². The first-order valence-electron chi connectivity index (χ1n) is 10.1. The van der Waals surface area contributed by atoms with Gasteiger partial charge in [-0.05, 0) is 17.7 Å². The largest absolute Gasteiger partial charge is 0.497 e. The molecule has 1 heterocycles. The molecule has 0 radical (unpaired) electrons. The highest BCUT2D eigenvalue weighted by atomic mass is 32.2. The molecule has 0 aromatic heterocycles. The van der Waals surface area contributed by atoms with Crippen LogP contribution in [0, 0.1) is 0 Å². The summed E-state index contributed by atoms with van der Waals surface area (Å²) >= 11 is 0. The van der Waals surface area contributed by atoms with Crippen LogP contribution >= 0.6 is 0 Å². The van der Waals surface area contributed by atoms with Crippen molar-refractivity contribution in [3.05, 3.63) is 29.8 Å². The van der Waals surface area contributed by atoms with Gasteiger partial charge in [0.25, 0.3) is 0 Å². The molecule has 1 unspecified atom stereocenters. The Balaban J connectivity index is 1.86. The molecule has 1 aliphatic rings. The lowest BCUT2D eigenvalue weighted by molar-refractivity contribution is 0.0170. The highest BCUT2D eigenvalue weighted by molar-refractivity contribution is 7.90. The second-order valence-electron chi connectivity index (χ2n) is 7.06. The molecule has 170 valence electrons. The second kappa shape index (κ2) is 12.7. The lowest BCUT2D eigenvalue weighted by Gasteiger charge is -2.35. The van der Waals surface area contributed by atoms with Gasteiger partial charge in [-0.1, -0.05) is 12.1 Å². The fourth-order valence-electron chi connectivity index (χ4n) is 3.14. The predicted molar refractivity (Wildman–Crippen MR) is 118 cm³/mol. The molecule has 1 aromatic carbocycles. The summed E-state index contributed by atoms with van der Waals surface area (Å²) in [6, 6.07) is 8.30. The second-order valence-corrected chi connectivity index (χ2v) is 9.32. The summed E-state index contributed by atoms with van der Waals surface area (Å²) in [4.78, 5) is 6.67. The quantitative estimate of drug-likeness (QED) is 0.287. The van der Waals surface area contributed by atoms with Crippen LogP contribution in [0.15, 0.2) is 29.3 Å². The Labute approximate surface area is 179 Å². The van der Waals surface area contributed by atoms with Crippen molar-refractivity contribution in [1.29, 1.82) is 0 Å². The summed E-state index contributed by atoms with van der Waals surface area (Å²) in [5.74, 6) is 1.54. The number of morpholine rings is 1. The summed E-state index contributed by atoms with van der Waals surface area (Å²) in [5.41, 5.74) is 1.20. The molecular formula is C20H34N4O5S. The van der Waals surface area contributed by atoms with E-state index in [1.165, 1.54) is 11.8 Å². The van der Waals surface area contributed by atoms with Crippen LogP contribution in [0.5, 0.6) is 5.75 Å². The zero-order valence-electron chi connectivity index (χ0n) is 18.1. The van der Waals surface area contributed by atoms with Crippen molar-refractivity contribution in [2.24, 2.45) is 4.99 Å². The molecule has 0 amide bonds. The van der Waals surface area contributed by atoms with E-state index in [4.69, 9.17) is 14.2 Å². The number of hydrogen-bond acceptors (Lipinski definition) is 7. The number of rotatable bonds is 11. The van der Waals surface area contributed by atoms with Gasteiger partial charge >= 0.3 is 0 Å². The Morgan fingerprint density at radius 3 is 2.50 bits per heavy atom. The first kappa shape index (κ1) is 24.4. The highest BCUT2D eigenvalue weighted by Crippen LogP contribution is 2.23. The van der Waals surface area contributed by atoms with Gasteiger partial charge in [0.15, 0.2) is 5.96 Å². The molecule has 9 nitrogen and oxygen atoms in total. The molecule has 2 N–H and O–H groups in total. The lowest BCUT2D eigenvalue weighted by atomic mass is 10.0. The summed E-state index contributed by atoms with van der Waals surface area (Å²) in [6.45, 7) is 5.02. The number of aliphatic imine (C=N–C) groups is 1. The number of sulfone groups is 1. The first-order chi connectivity index (χ1) is 14.4. The number of hydrogen-bond donors (Lipinski definition) is 2. The van der Waals surface area contributed by atoms with E-state index >= 15 is 0 Å². The van der Waals surface area contributed by atoms with Crippen LogP contribution in [0.4, 0.5) is 0 Å². The number of nitrogens with one attached hydrogen (secondary N) is 2. The summed E-state index contributed by atoms with van der Waals surface area (Å²) < 4.78 is 38.4. The zero-order valence-corrected chi connectivity index (χ0v) is 18.9. The maximum atomic E-state index is 11.1. The maximum Gasteiger partial charge on any atom is 0.191 e. The Morgan fingerprint density at radius 2 is 1.90 bits per heavy atom. The minimum Gasteiger partial charge on any atom is -0.497 e. The molecule has 2 rings (SSSR count). The van der Waals surface area contributed by atoms with Gasteiger partial charge in [-0.3, -0.25) is 9.89 Å². The molecule has 0 saturated carbocycles. The summed E-state index contributed by atoms with van der Waals surface area (Å²) in [7, 11) is 0.387. The molecule has 1 aliphatic heterocycles. The minimum absolute atomic E-state index is 0.0308. The van der Waals surface area contributed by atoms with Crippen molar-refractivity contribution >= 4 is 15.8 Å². The molecule has 1 saturated heterocycles. The molecule has 1 fully saturated rings. The van der Waals surface area contributed by atoms with Gasteiger partial charge in [0, 0.05) is 39.5 Å². The van der Waals surface area contributed by atoms with Crippen LogP contribution in [-0.4, -0.2) is 98.0 Å². The third-order valence-corrected chi connectivity index (χ3v) is 5.72. The monoisotopic (exact) mass is 442 g/mol. The van der Waals surface area contributed by atoms with Crippen LogP contribution in [0.1, 0.15) is 11.6 Å². The normalized spacial score (nSPS) is 16.8. The number of nitrogens with zero attached hydrogens (tertiary/aromatic N) is 2. The van der Waals surface area contributed by atoms with E-state index in [1.54, 1.807) is 14.2 Å². The topological polar surface area (TPSA) is 101 Å². The van der Waals surface area contributed by atoms with E-state index in [1.807, 2.05) is 12.1 Å². The fraction of sp³-hybridized carbons (Fsp3) is 0.650. The van der Waals surface area contributed by atoms with Crippen LogP contribution < -0.4 is 15.4 Å². The number of methoxy groups -OCH3 is 1. The third kappa shape index (κ3) is 8.86. The summed E-state index contributed by atoms with van der Waals surface area (Å²) in [6.07, 6.45) is 1.20. The molecule has 30 heavy (non-hydrogen) atoms. The Morgan fingerprint density at radius 1 is 1.20 bits per heavy atom. The SMILES string of the molecule is CN=C(NCCOCCS(C)(=O)=O)NCC(c1ccc(OC)cc1)N1CCOCC1. The average molecular weight is 443 g/mol. The number of guanidine groups is 1.